The van der Waals surface area contributed by atoms with Crippen LogP contribution in [0.2, 0.25) is 0 Å². The number of rotatable bonds is 3. The highest BCUT2D eigenvalue weighted by atomic mass is 35.5. The maximum Gasteiger partial charge on any atom is 0.169 e. The second-order valence-corrected chi connectivity index (χ2v) is 9.09. The summed E-state index contributed by atoms with van der Waals surface area (Å²) in [5.74, 6) is 2.36. The summed E-state index contributed by atoms with van der Waals surface area (Å²) in [5.41, 5.74) is 3.80. The first-order chi connectivity index (χ1) is 12.6. The van der Waals surface area contributed by atoms with E-state index in [1.54, 1.807) is 13.2 Å². The molecule has 0 N–H and O–H groups in total. The number of benzene rings is 1. The zero-order valence-corrected chi connectivity index (χ0v) is 16.7. The van der Waals surface area contributed by atoms with E-state index in [0.717, 1.165) is 35.5 Å². The van der Waals surface area contributed by atoms with Gasteiger partial charge in [0.2, 0.25) is 0 Å². The van der Waals surface area contributed by atoms with E-state index in [-0.39, 0.29) is 29.7 Å². The van der Waals surface area contributed by atoms with Crippen molar-refractivity contribution in [3.8, 4) is 11.5 Å². The van der Waals surface area contributed by atoms with Gasteiger partial charge in [-0.2, -0.15) is 0 Å². The summed E-state index contributed by atoms with van der Waals surface area (Å²) in [6.45, 7) is 2.43. The molecule has 0 unspecified atom stereocenters. The number of nitrogens with zero attached hydrogens (tertiary/aromatic N) is 1. The van der Waals surface area contributed by atoms with Gasteiger partial charge in [0.25, 0.3) is 0 Å². The van der Waals surface area contributed by atoms with Crippen molar-refractivity contribution in [3.05, 3.63) is 46.7 Å². The fourth-order valence-corrected chi connectivity index (χ4v) is 6.29. The molecule has 2 heterocycles. The Morgan fingerprint density at radius 2 is 2.11 bits per heavy atom. The van der Waals surface area contributed by atoms with Crippen LogP contribution in [0, 0.1) is 5.92 Å². The molecule has 3 aliphatic carbocycles. The average molecular weight is 388 g/mol. The fourth-order valence-electron chi connectivity index (χ4n) is 6.29. The van der Waals surface area contributed by atoms with Gasteiger partial charge in [0.05, 0.1) is 32.7 Å². The minimum atomic E-state index is -0.185. The van der Waals surface area contributed by atoms with Crippen molar-refractivity contribution in [1.29, 1.82) is 0 Å². The topological polar surface area (TPSA) is 41.5 Å². The lowest BCUT2D eigenvalue weighted by molar-refractivity contribution is -0.935. The van der Waals surface area contributed by atoms with Crippen LogP contribution in [-0.2, 0) is 16.6 Å². The highest BCUT2D eigenvalue weighted by Crippen LogP contribution is 2.63. The van der Waals surface area contributed by atoms with Crippen molar-refractivity contribution < 1.29 is 19.1 Å². The van der Waals surface area contributed by atoms with Gasteiger partial charge in [-0.15, -0.1) is 12.4 Å². The molecule has 2 bridgehead atoms. The average Bonchev–Trinajstić information content (AvgIpc) is 3.37. The highest BCUT2D eigenvalue weighted by Gasteiger charge is 2.65. The van der Waals surface area contributed by atoms with Crippen LogP contribution in [0.25, 0.3) is 0 Å². The molecule has 4 nitrogen and oxygen atoms in total. The first-order valence-corrected chi connectivity index (χ1v) is 9.87. The van der Waals surface area contributed by atoms with E-state index in [0.29, 0.717) is 11.8 Å². The van der Waals surface area contributed by atoms with E-state index in [1.165, 1.54) is 36.1 Å². The number of quaternary nitrogens is 1. The summed E-state index contributed by atoms with van der Waals surface area (Å²) in [6.07, 6.45) is 9.04. The number of likely N-dealkylation sites (tertiary alicyclic amines) is 1. The van der Waals surface area contributed by atoms with Crippen molar-refractivity contribution in [1.82, 2.24) is 0 Å². The third kappa shape index (κ3) is 2.03. The lowest BCUT2D eigenvalue weighted by atomic mass is 9.56. The van der Waals surface area contributed by atoms with Crippen LogP contribution in [0.15, 0.2) is 35.6 Å². The number of allylic oxidation sites excluding steroid dienone is 2. The van der Waals surface area contributed by atoms with Gasteiger partial charge in [-0.3, -0.25) is 0 Å². The monoisotopic (exact) mass is 387 g/mol. The number of likely N-dealkylation sites (N-methyl/N-ethyl adjacent to an activating group) is 1. The van der Waals surface area contributed by atoms with Crippen molar-refractivity contribution in [2.45, 2.75) is 43.2 Å². The molecule has 5 heteroatoms. The van der Waals surface area contributed by atoms with Crippen LogP contribution < -0.4 is 9.84 Å². The molecule has 4 atom stereocenters. The SMILES string of the molecule is COC1=CC=C2[C@@H]3Cc4ccc([O-])c5c4[C@@]2(CC[N@@+]3(C)CC2CC2)[C@H]1O5.Cl. The number of hydrogen-bond donors (Lipinski definition) is 0. The zero-order valence-electron chi connectivity index (χ0n) is 15.9. The van der Waals surface area contributed by atoms with Crippen molar-refractivity contribution in [3.63, 3.8) is 0 Å². The van der Waals surface area contributed by atoms with Gasteiger partial charge < -0.3 is 19.1 Å². The molecule has 0 aromatic heterocycles. The normalized spacial score (nSPS) is 37.4. The van der Waals surface area contributed by atoms with Crippen LogP contribution in [-0.4, -0.2) is 43.9 Å². The Labute approximate surface area is 166 Å². The molecule has 5 aliphatic rings. The highest BCUT2D eigenvalue weighted by molar-refractivity contribution is 5.85. The number of piperidine rings is 1. The molecule has 0 radical (unpaired) electrons. The van der Waals surface area contributed by atoms with Crippen LogP contribution in [0.5, 0.6) is 11.5 Å². The van der Waals surface area contributed by atoms with Gasteiger partial charge in [0.1, 0.15) is 17.6 Å². The van der Waals surface area contributed by atoms with Gasteiger partial charge in [-0.05, 0) is 24.5 Å². The minimum Gasteiger partial charge on any atom is -0.870 e. The molecule has 1 spiro atoms. The fraction of sp³-hybridized carbons (Fsp3) is 0.545. The summed E-state index contributed by atoms with van der Waals surface area (Å²) >= 11 is 0. The molecule has 144 valence electrons. The number of hydrogen-bond acceptors (Lipinski definition) is 3. The summed E-state index contributed by atoms with van der Waals surface area (Å²) in [7, 11) is 4.16. The Balaban J connectivity index is 0.00000160. The molecule has 6 rings (SSSR count). The largest absolute Gasteiger partial charge is 0.870 e. The first kappa shape index (κ1) is 17.4. The summed E-state index contributed by atoms with van der Waals surface area (Å²) in [6, 6.07) is 4.25. The van der Waals surface area contributed by atoms with Gasteiger partial charge in [0, 0.05) is 29.9 Å². The summed E-state index contributed by atoms with van der Waals surface area (Å²) < 4.78 is 13.1. The molecular formula is C22H26ClNO3. The van der Waals surface area contributed by atoms with E-state index in [9.17, 15) is 5.11 Å². The minimum absolute atomic E-state index is 0. The Kier molecular flexibility index (Phi) is 3.52. The quantitative estimate of drug-likeness (QED) is 0.749. The molecule has 27 heavy (non-hydrogen) atoms. The summed E-state index contributed by atoms with van der Waals surface area (Å²) in [5, 5.41) is 12.6. The molecular weight excluding hydrogens is 362 g/mol. The van der Waals surface area contributed by atoms with Gasteiger partial charge in [-0.1, -0.05) is 24.0 Å². The van der Waals surface area contributed by atoms with E-state index in [4.69, 9.17) is 9.47 Å². The van der Waals surface area contributed by atoms with Crippen molar-refractivity contribution in [2.24, 2.45) is 5.92 Å². The summed E-state index contributed by atoms with van der Waals surface area (Å²) in [4.78, 5) is 0. The van der Waals surface area contributed by atoms with E-state index < -0.39 is 0 Å². The van der Waals surface area contributed by atoms with Crippen molar-refractivity contribution >= 4 is 12.4 Å². The third-order valence-corrected chi connectivity index (χ3v) is 7.69. The first-order valence-electron chi connectivity index (χ1n) is 9.87. The Morgan fingerprint density at radius 1 is 1.30 bits per heavy atom. The lowest BCUT2D eigenvalue weighted by Gasteiger charge is -2.57. The van der Waals surface area contributed by atoms with Crippen molar-refractivity contribution in [2.75, 3.05) is 27.2 Å². The van der Waals surface area contributed by atoms with Gasteiger partial charge >= 0.3 is 0 Å². The maximum atomic E-state index is 12.6. The molecule has 0 amide bonds. The lowest BCUT2D eigenvalue weighted by Crippen LogP contribution is -2.67. The maximum absolute atomic E-state index is 12.6. The molecule has 2 aliphatic heterocycles. The molecule has 1 saturated heterocycles. The Bertz CT molecular complexity index is 890. The van der Waals surface area contributed by atoms with Gasteiger partial charge in [0.15, 0.2) is 6.10 Å². The molecule has 2 fully saturated rings. The second-order valence-electron chi connectivity index (χ2n) is 9.09. The van der Waals surface area contributed by atoms with Crippen LogP contribution in [0.1, 0.15) is 30.4 Å². The van der Waals surface area contributed by atoms with Crippen LogP contribution >= 0.6 is 12.4 Å². The standard InChI is InChI=1S/C22H25NO3.ClH/c1-23(12-13-3-4-13)10-9-22-15-6-8-18(25-2)21(22)26-20-17(24)7-5-14(19(20)22)11-16(15)23;/h5-8,13,16,21H,3-4,9-12H2,1-2H3;1H/t16-,21-,22-,23-;/m0./s1. The molecule has 1 aromatic carbocycles. The zero-order chi connectivity index (χ0) is 17.7. The third-order valence-electron chi connectivity index (χ3n) is 7.69. The Morgan fingerprint density at radius 3 is 2.85 bits per heavy atom. The Hall–Kier alpha value is -1.65. The van der Waals surface area contributed by atoms with E-state index in [1.807, 2.05) is 0 Å². The predicted octanol–water partition coefficient (Wildman–Crippen LogP) is 2.84. The van der Waals surface area contributed by atoms with E-state index >= 15 is 0 Å². The molecule has 1 aromatic rings. The molecule has 1 saturated carbocycles. The second kappa shape index (κ2) is 5.45. The number of ether oxygens (including phenoxy) is 2. The van der Waals surface area contributed by atoms with Crippen LogP contribution in [0.4, 0.5) is 0 Å². The van der Waals surface area contributed by atoms with Gasteiger partial charge in [-0.25, -0.2) is 0 Å². The van der Waals surface area contributed by atoms with Crippen LogP contribution in [0.3, 0.4) is 0 Å². The smallest absolute Gasteiger partial charge is 0.169 e. The van der Waals surface area contributed by atoms with E-state index in [2.05, 4.69) is 25.3 Å². The predicted molar refractivity (Wildman–Crippen MR) is 103 cm³/mol. The number of methoxy groups -OCH3 is 1. The number of halogens is 1.